The van der Waals surface area contributed by atoms with E-state index in [1.54, 1.807) is 11.1 Å². The van der Waals surface area contributed by atoms with E-state index in [1.807, 2.05) is 11.3 Å². The summed E-state index contributed by atoms with van der Waals surface area (Å²) in [4.78, 5) is 3.05. The van der Waals surface area contributed by atoms with Gasteiger partial charge in [0.15, 0.2) is 0 Å². The molecule has 0 aliphatic carbocycles. The number of rotatable bonds is 5. The van der Waals surface area contributed by atoms with Crippen LogP contribution in [0, 0.1) is 20.8 Å². The van der Waals surface area contributed by atoms with E-state index in [2.05, 4.69) is 27.7 Å². The highest BCUT2D eigenvalue weighted by molar-refractivity contribution is 7.12. The van der Waals surface area contributed by atoms with Gasteiger partial charge in [0, 0.05) is 9.75 Å². The van der Waals surface area contributed by atoms with Crippen LogP contribution in [-0.2, 0) is 6.42 Å². The first-order chi connectivity index (χ1) is 6.66. The Hall–Kier alpha value is -0.300. The molecule has 0 unspecified atom stereocenters. The highest BCUT2D eigenvalue weighted by Gasteiger charge is 2.07. The molecule has 1 heterocycles. The minimum absolute atomic E-state index is 1.29. The fourth-order valence-electron chi connectivity index (χ4n) is 1.94. The molecule has 0 bridgehead atoms. The molecular formula is C13H22S. The Labute approximate surface area is 92.4 Å². The van der Waals surface area contributed by atoms with E-state index in [9.17, 15) is 0 Å². The van der Waals surface area contributed by atoms with Crippen LogP contribution in [0.1, 0.15) is 53.5 Å². The largest absolute Gasteiger partial charge is 0.145 e. The Morgan fingerprint density at radius 3 is 2.14 bits per heavy atom. The van der Waals surface area contributed by atoms with Gasteiger partial charge in [0.05, 0.1) is 0 Å². The first kappa shape index (κ1) is 11.8. The van der Waals surface area contributed by atoms with Crippen LogP contribution in [0.15, 0.2) is 0 Å². The van der Waals surface area contributed by atoms with E-state index in [0.717, 1.165) is 0 Å². The van der Waals surface area contributed by atoms with E-state index in [0.29, 0.717) is 0 Å². The van der Waals surface area contributed by atoms with Crippen molar-refractivity contribution in [1.82, 2.24) is 0 Å². The Balaban J connectivity index is 2.49. The molecule has 80 valence electrons. The van der Waals surface area contributed by atoms with Crippen molar-refractivity contribution >= 4 is 11.3 Å². The molecule has 1 aromatic heterocycles. The lowest BCUT2D eigenvalue weighted by Crippen LogP contribution is -1.89. The van der Waals surface area contributed by atoms with Gasteiger partial charge in [-0.05, 0) is 44.7 Å². The van der Waals surface area contributed by atoms with Crippen LogP contribution in [0.5, 0.6) is 0 Å². The zero-order valence-electron chi connectivity index (χ0n) is 9.94. The summed E-state index contributed by atoms with van der Waals surface area (Å²) in [7, 11) is 0. The Morgan fingerprint density at radius 2 is 1.64 bits per heavy atom. The maximum atomic E-state index is 2.27. The van der Waals surface area contributed by atoms with Gasteiger partial charge < -0.3 is 0 Å². The molecule has 14 heavy (non-hydrogen) atoms. The fourth-order valence-corrected chi connectivity index (χ4v) is 3.05. The van der Waals surface area contributed by atoms with Gasteiger partial charge in [-0.25, -0.2) is 0 Å². The quantitative estimate of drug-likeness (QED) is 0.613. The molecule has 1 rings (SSSR count). The average Bonchev–Trinajstić information content (AvgIpc) is 2.38. The van der Waals surface area contributed by atoms with E-state index < -0.39 is 0 Å². The number of thiophene rings is 1. The molecule has 0 atom stereocenters. The van der Waals surface area contributed by atoms with Gasteiger partial charge in [-0.2, -0.15) is 0 Å². The first-order valence-electron chi connectivity index (χ1n) is 5.72. The minimum atomic E-state index is 1.29. The summed E-state index contributed by atoms with van der Waals surface area (Å²) in [6.45, 7) is 9.04. The van der Waals surface area contributed by atoms with Crippen LogP contribution in [0.2, 0.25) is 0 Å². The van der Waals surface area contributed by atoms with Crippen molar-refractivity contribution in [2.45, 2.75) is 59.8 Å². The maximum absolute atomic E-state index is 2.27. The molecule has 0 saturated heterocycles. The Kier molecular flexibility index (Phi) is 4.67. The van der Waals surface area contributed by atoms with E-state index >= 15 is 0 Å². The van der Waals surface area contributed by atoms with Gasteiger partial charge in [0.1, 0.15) is 0 Å². The molecule has 0 saturated carbocycles. The predicted octanol–water partition coefficient (Wildman–Crippen LogP) is 4.80. The molecule has 0 radical (unpaired) electrons. The third-order valence-electron chi connectivity index (χ3n) is 2.99. The second kappa shape index (κ2) is 5.55. The first-order valence-corrected chi connectivity index (χ1v) is 6.54. The van der Waals surface area contributed by atoms with Crippen molar-refractivity contribution in [1.29, 1.82) is 0 Å². The molecule has 1 aromatic rings. The zero-order valence-corrected chi connectivity index (χ0v) is 10.8. The summed E-state index contributed by atoms with van der Waals surface area (Å²) in [5, 5.41) is 0. The lowest BCUT2D eigenvalue weighted by atomic mass is 10.0. The minimum Gasteiger partial charge on any atom is -0.145 e. The lowest BCUT2D eigenvalue weighted by Gasteiger charge is -2.02. The molecule has 0 amide bonds. The SMILES string of the molecule is CCCCCCc1c(C)sc(C)c1C. The average molecular weight is 210 g/mol. The van der Waals surface area contributed by atoms with Gasteiger partial charge in [-0.15, -0.1) is 11.3 Å². The number of unbranched alkanes of at least 4 members (excludes halogenated alkanes) is 3. The number of aryl methyl sites for hydroxylation is 2. The molecule has 0 spiro atoms. The molecule has 0 nitrogen and oxygen atoms in total. The highest BCUT2D eigenvalue weighted by Crippen LogP contribution is 2.27. The summed E-state index contributed by atoms with van der Waals surface area (Å²) < 4.78 is 0. The zero-order chi connectivity index (χ0) is 10.6. The van der Waals surface area contributed by atoms with E-state index in [4.69, 9.17) is 0 Å². The van der Waals surface area contributed by atoms with Crippen LogP contribution in [0.25, 0.3) is 0 Å². The topological polar surface area (TPSA) is 0 Å². The van der Waals surface area contributed by atoms with E-state index in [1.165, 1.54) is 41.9 Å². The second-order valence-electron chi connectivity index (χ2n) is 4.13. The van der Waals surface area contributed by atoms with Crippen molar-refractivity contribution in [3.63, 3.8) is 0 Å². The summed E-state index contributed by atoms with van der Waals surface area (Å²) >= 11 is 1.96. The molecular weight excluding hydrogens is 188 g/mol. The predicted molar refractivity (Wildman–Crippen MR) is 66.4 cm³/mol. The van der Waals surface area contributed by atoms with Crippen LogP contribution >= 0.6 is 11.3 Å². The van der Waals surface area contributed by atoms with Gasteiger partial charge in [-0.3, -0.25) is 0 Å². The van der Waals surface area contributed by atoms with Crippen molar-refractivity contribution in [2.75, 3.05) is 0 Å². The fraction of sp³-hybridized carbons (Fsp3) is 0.692. The van der Waals surface area contributed by atoms with Crippen LogP contribution in [-0.4, -0.2) is 0 Å². The standard InChI is InChI=1S/C13H22S/c1-5-6-7-8-9-13-10(2)11(3)14-12(13)4/h5-9H2,1-4H3. The van der Waals surface area contributed by atoms with Crippen molar-refractivity contribution < 1.29 is 0 Å². The molecule has 0 aromatic carbocycles. The molecule has 0 fully saturated rings. The van der Waals surface area contributed by atoms with E-state index in [-0.39, 0.29) is 0 Å². The van der Waals surface area contributed by atoms with Gasteiger partial charge in [0.2, 0.25) is 0 Å². The summed E-state index contributed by atoms with van der Waals surface area (Å²) in [6, 6.07) is 0. The summed E-state index contributed by atoms with van der Waals surface area (Å²) in [6.07, 6.45) is 6.78. The van der Waals surface area contributed by atoms with Gasteiger partial charge in [-0.1, -0.05) is 26.2 Å². The van der Waals surface area contributed by atoms with Crippen molar-refractivity contribution in [2.24, 2.45) is 0 Å². The van der Waals surface area contributed by atoms with Crippen LogP contribution < -0.4 is 0 Å². The van der Waals surface area contributed by atoms with Crippen molar-refractivity contribution in [3.8, 4) is 0 Å². The Bertz CT molecular complexity index is 284. The smallest absolute Gasteiger partial charge is 0.00517 e. The molecule has 0 aliphatic rings. The van der Waals surface area contributed by atoms with Gasteiger partial charge in [0.25, 0.3) is 0 Å². The van der Waals surface area contributed by atoms with Crippen LogP contribution in [0.4, 0.5) is 0 Å². The summed E-state index contributed by atoms with van der Waals surface area (Å²) in [5.74, 6) is 0. The third-order valence-corrected chi connectivity index (χ3v) is 4.16. The highest BCUT2D eigenvalue weighted by atomic mass is 32.1. The van der Waals surface area contributed by atoms with Crippen LogP contribution in [0.3, 0.4) is 0 Å². The molecule has 1 heteroatoms. The third kappa shape index (κ3) is 2.84. The lowest BCUT2D eigenvalue weighted by molar-refractivity contribution is 0.665. The molecule has 0 aliphatic heterocycles. The second-order valence-corrected chi connectivity index (χ2v) is 5.56. The Morgan fingerprint density at radius 1 is 0.929 bits per heavy atom. The maximum Gasteiger partial charge on any atom is 0.00517 e. The van der Waals surface area contributed by atoms with Crippen molar-refractivity contribution in [3.05, 3.63) is 20.9 Å². The summed E-state index contributed by atoms with van der Waals surface area (Å²) in [5.41, 5.74) is 3.17. The number of hydrogen-bond acceptors (Lipinski definition) is 1. The number of hydrogen-bond donors (Lipinski definition) is 0. The molecule has 0 N–H and O–H groups in total. The normalized spacial score (nSPS) is 10.9. The monoisotopic (exact) mass is 210 g/mol. The van der Waals surface area contributed by atoms with Gasteiger partial charge >= 0.3 is 0 Å².